The van der Waals surface area contributed by atoms with Crippen LogP contribution in [-0.4, -0.2) is 17.9 Å². The summed E-state index contributed by atoms with van der Waals surface area (Å²) in [5.41, 5.74) is 1.44. The number of rotatable bonds is 3. The summed E-state index contributed by atoms with van der Waals surface area (Å²) in [6, 6.07) is 15.6. The van der Waals surface area contributed by atoms with Crippen LogP contribution < -0.4 is 9.80 Å². The predicted molar refractivity (Wildman–Crippen MR) is 112 cm³/mol. The van der Waals surface area contributed by atoms with E-state index >= 15 is 0 Å². The smallest absolute Gasteiger partial charge is 0.259 e. The highest BCUT2D eigenvalue weighted by atomic mass is 35.5. The standard InChI is InChI=1S/C23H17ClF2N2O2/c1-14-22(29)27(13-17-18(24)5-4-6-19(17)26)20-7-2-3-8-21(20)28(14)23(30)15-9-11-16(25)12-10-15/h2-12,14H,13H2,1H3/t14-/m0/s1. The number of carbonyl (C=O) groups is 2. The molecule has 0 bridgehead atoms. The van der Waals surface area contributed by atoms with E-state index in [1.165, 1.54) is 46.2 Å². The second kappa shape index (κ2) is 7.88. The van der Waals surface area contributed by atoms with Crippen molar-refractivity contribution < 1.29 is 18.4 Å². The molecule has 0 saturated carbocycles. The fraction of sp³-hybridized carbons (Fsp3) is 0.130. The van der Waals surface area contributed by atoms with Crippen LogP contribution in [0.2, 0.25) is 5.02 Å². The van der Waals surface area contributed by atoms with Gasteiger partial charge in [-0.1, -0.05) is 29.8 Å². The number of anilines is 2. The van der Waals surface area contributed by atoms with Crippen LogP contribution in [0.3, 0.4) is 0 Å². The molecule has 1 heterocycles. The molecule has 2 amide bonds. The molecule has 0 unspecified atom stereocenters. The van der Waals surface area contributed by atoms with Gasteiger partial charge in [0, 0.05) is 16.1 Å². The van der Waals surface area contributed by atoms with E-state index < -0.39 is 23.6 Å². The Kier molecular flexibility index (Phi) is 5.26. The van der Waals surface area contributed by atoms with Gasteiger partial charge in [-0.3, -0.25) is 14.5 Å². The van der Waals surface area contributed by atoms with Gasteiger partial charge in [0.25, 0.3) is 5.91 Å². The second-order valence-corrected chi connectivity index (χ2v) is 7.38. The summed E-state index contributed by atoms with van der Waals surface area (Å²) in [5, 5.41) is 0.220. The lowest BCUT2D eigenvalue weighted by atomic mass is 10.0. The maximum Gasteiger partial charge on any atom is 0.259 e. The SMILES string of the molecule is C[C@H]1C(=O)N(Cc2c(F)cccc2Cl)c2ccccc2N1C(=O)c1ccc(F)cc1. The van der Waals surface area contributed by atoms with Crippen LogP contribution in [-0.2, 0) is 11.3 Å². The number of halogens is 3. The molecule has 1 aliphatic rings. The van der Waals surface area contributed by atoms with Gasteiger partial charge in [0.1, 0.15) is 17.7 Å². The summed E-state index contributed by atoms with van der Waals surface area (Å²) in [4.78, 5) is 29.2. The molecule has 30 heavy (non-hydrogen) atoms. The van der Waals surface area contributed by atoms with Crippen LogP contribution >= 0.6 is 11.6 Å². The molecule has 4 nitrogen and oxygen atoms in total. The summed E-state index contributed by atoms with van der Waals surface area (Å²) >= 11 is 6.16. The molecule has 152 valence electrons. The lowest BCUT2D eigenvalue weighted by molar-refractivity contribution is -0.119. The third-order valence-corrected chi connectivity index (χ3v) is 5.48. The zero-order chi connectivity index (χ0) is 21.4. The second-order valence-electron chi connectivity index (χ2n) is 6.97. The summed E-state index contributed by atoms with van der Waals surface area (Å²) in [6.07, 6.45) is 0. The van der Waals surface area contributed by atoms with Crippen molar-refractivity contribution in [3.63, 3.8) is 0 Å². The number of nitrogens with zero attached hydrogens (tertiary/aromatic N) is 2. The van der Waals surface area contributed by atoms with Crippen LogP contribution in [0.1, 0.15) is 22.8 Å². The van der Waals surface area contributed by atoms with Gasteiger partial charge in [0.2, 0.25) is 5.91 Å². The maximum absolute atomic E-state index is 14.3. The van der Waals surface area contributed by atoms with Crippen molar-refractivity contribution in [3.8, 4) is 0 Å². The Hall–Kier alpha value is -3.25. The maximum atomic E-state index is 14.3. The summed E-state index contributed by atoms with van der Waals surface area (Å²) in [7, 11) is 0. The fourth-order valence-electron chi connectivity index (χ4n) is 3.58. The molecule has 4 rings (SSSR count). The Bertz CT molecular complexity index is 1110. The van der Waals surface area contributed by atoms with E-state index in [2.05, 4.69) is 0 Å². The van der Waals surface area contributed by atoms with E-state index in [1.807, 2.05) is 0 Å². The molecule has 3 aromatic carbocycles. The van der Waals surface area contributed by atoms with Gasteiger partial charge in [-0.15, -0.1) is 0 Å². The molecule has 0 fully saturated rings. The Labute approximate surface area is 177 Å². The lowest BCUT2D eigenvalue weighted by Gasteiger charge is -2.40. The zero-order valence-electron chi connectivity index (χ0n) is 16.0. The molecule has 0 spiro atoms. The minimum absolute atomic E-state index is 0.0652. The van der Waals surface area contributed by atoms with Gasteiger partial charge >= 0.3 is 0 Å². The molecule has 0 radical (unpaired) electrons. The van der Waals surface area contributed by atoms with E-state index in [4.69, 9.17) is 11.6 Å². The number of hydrogen-bond acceptors (Lipinski definition) is 2. The molecule has 0 N–H and O–H groups in total. The largest absolute Gasteiger partial charge is 0.304 e. The zero-order valence-corrected chi connectivity index (χ0v) is 16.7. The number of benzene rings is 3. The van der Waals surface area contributed by atoms with E-state index in [-0.39, 0.29) is 28.6 Å². The van der Waals surface area contributed by atoms with Crippen molar-refractivity contribution in [1.29, 1.82) is 0 Å². The van der Waals surface area contributed by atoms with Crippen LogP contribution in [0.25, 0.3) is 0 Å². The van der Waals surface area contributed by atoms with Crippen LogP contribution in [0.5, 0.6) is 0 Å². The van der Waals surface area contributed by atoms with Crippen LogP contribution in [0, 0.1) is 11.6 Å². The first-order valence-electron chi connectivity index (χ1n) is 9.31. The number of hydrogen-bond donors (Lipinski definition) is 0. The van der Waals surface area contributed by atoms with Gasteiger partial charge in [-0.25, -0.2) is 8.78 Å². The first-order valence-corrected chi connectivity index (χ1v) is 9.68. The topological polar surface area (TPSA) is 40.6 Å². The Morgan fingerprint density at radius 1 is 0.967 bits per heavy atom. The van der Waals surface area contributed by atoms with Crippen molar-refractivity contribution in [2.75, 3.05) is 9.80 Å². The highest BCUT2D eigenvalue weighted by Crippen LogP contribution is 2.38. The number of fused-ring (bicyclic) bond motifs is 1. The predicted octanol–water partition coefficient (Wildman–Crippen LogP) is 5.20. The summed E-state index contributed by atoms with van der Waals surface area (Å²) in [5.74, 6) is -1.76. The molecule has 7 heteroatoms. The minimum atomic E-state index is -0.844. The van der Waals surface area contributed by atoms with E-state index in [9.17, 15) is 18.4 Å². The summed E-state index contributed by atoms with van der Waals surface area (Å²) < 4.78 is 27.6. The quantitative estimate of drug-likeness (QED) is 0.577. The first kappa shape index (κ1) is 20.0. The lowest BCUT2D eigenvalue weighted by Crippen LogP contribution is -2.54. The van der Waals surface area contributed by atoms with E-state index in [1.54, 1.807) is 37.3 Å². The van der Waals surface area contributed by atoms with Crippen LogP contribution in [0.4, 0.5) is 20.2 Å². The Morgan fingerprint density at radius 3 is 2.30 bits per heavy atom. The Balaban J connectivity index is 1.77. The van der Waals surface area contributed by atoms with E-state index in [0.29, 0.717) is 11.4 Å². The van der Waals surface area contributed by atoms with Crippen molar-refractivity contribution in [2.45, 2.75) is 19.5 Å². The molecule has 3 aromatic rings. The minimum Gasteiger partial charge on any atom is -0.304 e. The molecular formula is C23H17ClF2N2O2. The number of para-hydroxylation sites is 2. The first-order chi connectivity index (χ1) is 14.4. The molecule has 1 atom stereocenters. The molecule has 1 aliphatic heterocycles. The van der Waals surface area contributed by atoms with Crippen molar-refractivity contribution in [2.24, 2.45) is 0 Å². The third kappa shape index (κ3) is 3.44. The van der Waals surface area contributed by atoms with Gasteiger partial charge in [0.05, 0.1) is 17.9 Å². The number of amides is 2. The average molecular weight is 427 g/mol. The normalized spacial score (nSPS) is 15.9. The highest BCUT2D eigenvalue weighted by molar-refractivity contribution is 6.31. The van der Waals surface area contributed by atoms with Crippen molar-refractivity contribution >= 4 is 34.8 Å². The number of carbonyl (C=O) groups excluding carboxylic acids is 2. The Morgan fingerprint density at radius 2 is 1.63 bits per heavy atom. The summed E-state index contributed by atoms with van der Waals surface area (Å²) in [6.45, 7) is 1.54. The highest BCUT2D eigenvalue weighted by Gasteiger charge is 2.39. The fourth-order valence-corrected chi connectivity index (χ4v) is 3.80. The van der Waals surface area contributed by atoms with Gasteiger partial charge < -0.3 is 4.90 Å². The molecule has 0 saturated heterocycles. The average Bonchev–Trinajstić information content (AvgIpc) is 2.74. The van der Waals surface area contributed by atoms with E-state index in [0.717, 1.165) is 0 Å². The van der Waals surface area contributed by atoms with Crippen molar-refractivity contribution in [1.82, 2.24) is 0 Å². The van der Waals surface area contributed by atoms with Gasteiger partial charge in [-0.2, -0.15) is 0 Å². The molecular weight excluding hydrogens is 410 g/mol. The van der Waals surface area contributed by atoms with Gasteiger partial charge in [-0.05, 0) is 55.5 Å². The monoisotopic (exact) mass is 426 g/mol. The van der Waals surface area contributed by atoms with Crippen LogP contribution in [0.15, 0.2) is 66.7 Å². The third-order valence-electron chi connectivity index (χ3n) is 5.13. The van der Waals surface area contributed by atoms with Crippen molar-refractivity contribution in [3.05, 3.63) is 94.5 Å². The molecule has 0 aromatic heterocycles. The molecule has 0 aliphatic carbocycles. The van der Waals surface area contributed by atoms with Gasteiger partial charge in [0.15, 0.2) is 0 Å².